The van der Waals surface area contributed by atoms with Crippen molar-refractivity contribution in [3.63, 3.8) is 0 Å². The molecule has 1 fully saturated rings. The van der Waals surface area contributed by atoms with Crippen LogP contribution in [0.15, 0.2) is 29.2 Å². The van der Waals surface area contributed by atoms with Crippen molar-refractivity contribution in [2.24, 2.45) is 5.92 Å². The molecule has 0 bridgehead atoms. The van der Waals surface area contributed by atoms with Gasteiger partial charge >= 0.3 is 0 Å². The van der Waals surface area contributed by atoms with E-state index in [9.17, 15) is 13.2 Å². The van der Waals surface area contributed by atoms with Crippen LogP contribution in [0.4, 0.5) is 0 Å². The second kappa shape index (κ2) is 9.36. The molecule has 0 aliphatic carbocycles. The van der Waals surface area contributed by atoms with E-state index in [0.717, 1.165) is 27.8 Å². The number of benzene rings is 2. The van der Waals surface area contributed by atoms with E-state index in [-0.39, 0.29) is 24.4 Å². The van der Waals surface area contributed by atoms with Crippen LogP contribution in [0, 0.1) is 47.5 Å². The Hall–Kier alpha value is -2.18. The number of aryl methyl sites for hydroxylation is 6. The molecule has 1 saturated heterocycles. The maximum atomic E-state index is 13.5. The number of carbonyl (C=O) groups is 1. The standard InChI is InChI=1S/C26H36N2O3S/c1-16-11-20(5)25(21(6)12-16)32(30,31)28-10-8-9-23(15-28)26(29)27-22(7)24-14-18(3)17(2)13-19(24)4/h11-14,22-23H,8-10,15H2,1-7H3,(H,27,29)/t22-,23+/m1/s1. The number of nitrogens with one attached hydrogen (secondary N) is 1. The summed E-state index contributed by atoms with van der Waals surface area (Å²) in [6, 6.07) is 7.96. The van der Waals surface area contributed by atoms with Crippen molar-refractivity contribution in [2.45, 2.75) is 72.2 Å². The molecule has 32 heavy (non-hydrogen) atoms. The third-order valence-corrected chi connectivity index (χ3v) is 8.84. The van der Waals surface area contributed by atoms with Gasteiger partial charge < -0.3 is 5.32 Å². The number of sulfonamides is 1. The summed E-state index contributed by atoms with van der Waals surface area (Å²) >= 11 is 0. The SMILES string of the molecule is Cc1cc(C)c(S(=O)(=O)N2CCC[C@H](C(=O)N[C@H](C)c3cc(C)c(C)cc3C)C2)c(C)c1. The zero-order chi connectivity index (χ0) is 23.8. The van der Waals surface area contributed by atoms with Gasteiger partial charge in [-0.2, -0.15) is 4.31 Å². The van der Waals surface area contributed by atoms with Gasteiger partial charge in [0.2, 0.25) is 15.9 Å². The molecule has 6 heteroatoms. The van der Waals surface area contributed by atoms with E-state index in [2.05, 4.69) is 38.2 Å². The number of hydrogen-bond acceptors (Lipinski definition) is 3. The van der Waals surface area contributed by atoms with Gasteiger partial charge in [-0.1, -0.05) is 29.8 Å². The molecule has 0 unspecified atom stereocenters. The quantitative estimate of drug-likeness (QED) is 0.702. The molecule has 1 aliphatic rings. The molecular formula is C26H36N2O3S. The molecule has 3 rings (SSSR count). The molecule has 2 aromatic rings. The Balaban J connectivity index is 1.77. The molecule has 174 valence electrons. The van der Waals surface area contributed by atoms with Gasteiger partial charge in [0, 0.05) is 13.1 Å². The lowest BCUT2D eigenvalue weighted by atomic mass is 9.95. The summed E-state index contributed by atoms with van der Waals surface area (Å²) in [6.07, 6.45) is 1.38. The first-order chi connectivity index (χ1) is 14.9. The second-order valence-electron chi connectivity index (χ2n) is 9.45. The van der Waals surface area contributed by atoms with Gasteiger partial charge in [0.15, 0.2) is 0 Å². The highest BCUT2D eigenvalue weighted by Gasteiger charge is 2.35. The highest BCUT2D eigenvalue weighted by molar-refractivity contribution is 7.89. The minimum absolute atomic E-state index is 0.0765. The van der Waals surface area contributed by atoms with Crippen LogP contribution in [0.5, 0.6) is 0 Å². The van der Waals surface area contributed by atoms with Crippen molar-refractivity contribution >= 4 is 15.9 Å². The Morgan fingerprint density at radius 2 is 1.53 bits per heavy atom. The summed E-state index contributed by atoms with van der Waals surface area (Å²) in [5, 5.41) is 3.13. The van der Waals surface area contributed by atoms with Crippen LogP contribution in [0.1, 0.15) is 64.8 Å². The van der Waals surface area contributed by atoms with Gasteiger partial charge in [-0.3, -0.25) is 4.79 Å². The molecule has 0 aromatic heterocycles. The Morgan fingerprint density at radius 1 is 0.938 bits per heavy atom. The van der Waals surface area contributed by atoms with E-state index in [1.165, 1.54) is 15.4 Å². The molecule has 2 atom stereocenters. The molecular weight excluding hydrogens is 420 g/mol. The number of nitrogens with zero attached hydrogens (tertiary/aromatic N) is 1. The average Bonchev–Trinajstić information content (AvgIpc) is 2.69. The van der Waals surface area contributed by atoms with Crippen LogP contribution in [0.2, 0.25) is 0 Å². The van der Waals surface area contributed by atoms with E-state index < -0.39 is 10.0 Å². The zero-order valence-electron chi connectivity index (χ0n) is 20.4. The fraction of sp³-hybridized carbons (Fsp3) is 0.500. The first-order valence-corrected chi connectivity index (χ1v) is 12.8. The number of amides is 1. The third-order valence-electron chi connectivity index (χ3n) is 6.67. The minimum atomic E-state index is -3.65. The maximum absolute atomic E-state index is 13.5. The normalized spacial score (nSPS) is 18.4. The smallest absolute Gasteiger partial charge is 0.243 e. The Bertz CT molecular complexity index is 1110. The van der Waals surface area contributed by atoms with Gasteiger partial charge in [0.25, 0.3) is 0 Å². The minimum Gasteiger partial charge on any atom is -0.349 e. The highest BCUT2D eigenvalue weighted by Crippen LogP contribution is 2.29. The zero-order valence-corrected chi connectivity index (χ0v) is 21.2. The summed E-state index contributed by atoms with van der Waals surface area (Å²) in [5.74, 6) is -0.425. The summed E-state index contributed by atoms with van der Waals surface area (Å²) < 4.78 is 28.4. The first kappa shape index (κ1) is 24.5. The van der Waals surface area contributed by atoms with Crippen molar-refractivity contribution < 1.29 is 13.2 Å². The Labute approximate surface area is 193 Å². The lowest BCUT2D eigenvalue weighted by molar-refractivity contribution is -0.126. The summed E-state index contributed by atoms with van der Waals surface area (Å²) in [4.78, 5) is 13.5. The predicted molar refractivity (Wildman–Crippen MR) is 129 cm³/mol. The van der Waals surface area contributed by atoms with Crippen molar-refractivity contribution in [1.29, 1.82) is 0 Å². The van der Waals surface area contributed by atoms with Gasteiger partial charge in [-0.15, -0.1) is 0 Å². The average molecular weight is 457 g/mol. The van der Waals surface area contributed by atoms with E-state index in [1.54, 1.807) is 0 Å². The number of hydrogen-bond donors (Lipinski definition) is 1. The van der Waals surface area contributed by atoms with Crippen LogP contribution in [-0.2, 0) is 14.8 Å². The molecule has 0 spiro atoms. The predicted octanol–water partition coefficient (Wildman–Crippen LogP) is 4.82. The van der Waals surface area contributed by atoms with Crippen molar-refractivity contribution in [2.75, 3.05) is 13.1 Å². The Kier molecular flexibility index (Phi) is 7.15. The van der Waals surface area contributed by atoms with Crippen LogP contribution >= 0.6 is 0 Å². The number of rotatable bonds is 5. The van der Waals surface area contributed by atoms with Crippen LogP contribution in [-0.4, -0.2) is 31.7 Å². The molecule has 0 radical (unpaired) electrons. The monoisotopic (exact) mass is 456 g/mol. The first-order valence-electron chi connectivity index (χ1n) is 11.4. The van der Waals surface area contributed by atoms with Crippen molar-refractivity contribution in [1.82, 2.24) is 9.62 Å². The van der Waals surface area contributed by atoms with Gasteiger partial charge in [0.1, 0.15) is 0 Å². The fourth-order valence-electron chi connectivity index (χ4n) is 4.94. The number of carbonyl (C=O) groups excluding carboxylic acids is 1. The van der Waals surface area contributed by atoms with Gasteiger partial charge in [-0.25, -0.2) is 8.42 Å². The molecule has 1 aliphatic heterocycles. The molecule has 1 amide bonds. The topological polar surface area (TPSA) is 66.5 Å². The fourth-order valence-corrected chi connectivity index (χ4v) is 6.87. The maximum Gasteiger partial charge on any atom is 0.243 e. The van der Waals surface area contributed by atoms with E-state index in [1.807, 2.05) is 39.8 Å². The van der Waals surface area contributed by atoms with Crippen molar-refractivity contribution in [3.8, 4) is 0 Å². The van der Waals surface area contributed by atoms with Crippen molar-refractivity contribution in [3.05, 3.63) is 63.2 Å². The number of piperidine rings is 1. The van der Waals surface area contributed by atoms with E-state index in [0.29, 0.717) is 24.3 Å². The molecule has 5 nitrogen and oxygen atoms in total. The lowest BCUT2D eigenvalue weighted by Crippen LogP contribution is -2.46. The van der Waals surface area contributed by atoms with Crippen LogP contribution in [0.25, 0.3) is 0 Å². The lowest BCUT2D eigenvalue weighted by Gasteiger charge is -2.33. The Morgan fingerprint density at radius 3 is 2.16 bits per heavy atom. The van der Waals surface area contributed by atoms with Crippen LogP contribution < -0.4 is 5.32 Å². The second-order valence-corrected chi connectivity index (χ2v) is 11.3. The van der Waals surface area contributed by atoms with E-state index in [4.69, 9.17) is 0 Å². The van der Waals surface area contributed by atoms with Gasteiger partial charge in [0.05, 0.1) is 16.9 Å². The van der Waals surface area contributed by atoms with E-state index >= 15 is 0 Å². The summed E-state index contributed by atoms with van der Waals surface area (Å²) in [5.41, 5.74) is 7.25. The molecule has 2 aromatic carbocycles. The molecule has 1 heterocycles. The highest BCUT2D eigenvalue weighted by atomic mass is 32.2. The molecule has 0 saturated carbocycles. The summed E-state index contributed by atoms with van der Waals surface area (Å²) in [6.45, 7) is 14.5. The molecule has 1 N–H and O–H groups in total. The third kappa shape index (κ3) is 4.91. The largest absolute Gasteiger partial charge is 0.349 e. The van der Waals surface area contributed by atoms with Gasteiger partial charge in [-0.05, 0) is 94.7 Å². The van der Waals surface area contributed by atoms with Crippen LogP contribution in [0.3, 0.4) is 0 Å². The summed E-state index contributed by atoms with van der Waals surface area (Å²) in [7, 11) is -3.65.